The Morgan fingerprint density at radius 2 is 2.03 bits per heavy atom. The fourth-order valence-electron chi connectivity index (χ4n) is 4.50. The molecule has 5 rings (SSSR count). The van der Waals surface area contributed by atoms with E-state index in [2.05, 4.69) is 64.5 Å². The lowest BCUT2D eigenvalue weighted by atomic mass is 9.96. The van der Waals surface area contributed by atoms with Crippen LogP contribution in [0.15, 0.2) is 60.0 Å². The summed E-state index contributed by atoms with van der Waals surface area (Å²) in [5, 5.41) is 1.73. The molecule has 0 aliphatic carbocycles. The van der Waals surface area contributed by atoms with E-state index < -0.39 is 0 Å². The van der Waals surface area contributed by atoms with Gasteiger partial charge in [0.1, 0.15) is 6.04 Å². The topological polar surface area (TPSA) is 46.3 Å². The lowest BCUT2D eigenvalue weighted by molar-refractivity contribution is 0.320. The van der Waals surface area contributed by atoms with Crippen LogP contribution in [0.1, 0.15) is 47.2 Å². The normalized spacial score (nSPS) is 23.3. The van der Waals surface area contributed by atoms with Gasteiger partial charge < -0.3 is 9.47 Å². The average Bonchev–Trinajstić information content (AvgIpc) is 3.35. The van der Waals surface area contributed by atoms with E-state index in [4.69, 9.17) is 4.99 Å². The Hall–Kier alpha value is -2.60. The number of fused-ring (bicyclic) bond motifs is 1. The minimum atomic E-state index is 0.0403. The molecule has 3 unspecified atom stereocenters. The van der Waals surface area contributed by atoms with Crippen molar-refractivity contribution in [3.8, 4) is 0 Å². The van der Waals surface area contributed by atoms with Crippen molar-refractivity contribution < 1.29 is 0 Å². The molecule has 5 heterocycles. The van der Waals surface area contributed by atoms with E-state index in [-0.39, 0.29) is 12.1 Å². The average molecular weight is 404 g/mol. The summed E-state index contributed by atoms with van der Waals surface area (Å²) in [5.41, 5.74) is 6.20. The highest BCUT2D eigenvalue weighted by Crippen LogP contribution is 2.48. The lowest BCUT2D eigenvalue weighted by Gasteiger charge is -2.27. The van der Waals surface area contributed by atoms with Crippen LogP contribution in [0.25, 0.3) is 0 Å². The summed E-state index contributed by atoms with van der Waals surface area (Å²) in [6, 6.07) is 12.9. The number of hydrogen-bond acceptors (Lipinski definition) is 5. The molecule has 2 aliphatic rings. The molecule has 0 spiro atoms. The third-order valence-electron chi connectivity index (χ3n) is 5.88. The number of pyridine rings is 2. The standard InChI is InChI=1S/C23H25N5S/c1-15-11-19(17(3)27(15)14-18-7-6-9-24-12-18)22-21(20-8-4-5-10-25-20)26-23-28(22)13-16(2)29-23/h4-12,16,21-22H,13-14H2,1-3H3. The molecule has 6 heteroatoms. The first-order valence-electron chi connectivity index (χ1n) is 10.1. The molecule has 0 saturated carbocycles. The van der Waals surface area contributed by atoms with E-state index in [1.165, 1.54) is 22.5 Å². The van der Waals surface area contributed by atoms with Gasteiger partial charge in [-0.2, -0.15) is 0 Å². The van der Waals surface area contributed by atoms with Crippen molar-refractivity contribution in [2.24, 2.45) is 4.99 Å². The van der Waals surface area contributed by atoms with Gasteiger partial charge in [0.25, 0.3) is 0 Å². The second-order valence-corrected chi connectivity index (χ2v) is 9.32. The Morgan fingerprint density at radius 1 is 1.14 bits per heavy atom. The molecule has 1 fully saturated rings. The van der Waals surface area contributed by atoms with E-state index in [9.17, 15) is 0 Å². The van der Waals surface area contributed by atoms with E-state index in [0.29, 0.717) is 5.25 Å². The van der Waals surface area contributed by atoms with Gasteiger partial charge in [-0.05, 0) is 49.2 Å². The van der Waals surface area contributed by atoms with Gasteiger partial charge in [-0.25, -0.2) is 0 Å². The van der Waals surface area contributed by atoms with E-state index in [1.807, 2.05) is 42.5 Å². The zero-order valence-corrected chi connectivity index (χ0v) is 17.8. The summed E-state index contributed by atoms with van der Waals surface area (Å²) in [4.78, 5) is 16.5. The summed E-state index contributed by atoms with van der Waals surface area (Å²) in [6.07, 6.45) is 5.65. The molecular weight excluding hydrogens is 378 g/mol. The van der Waals surface area contributed by atoms with Crippen LogP contribution >= 0.6 is 11.8 Å². The number of aromatic nitrogens is 3. The van der Waals surface area contributed by atoms with Gasteiger partial charge in [-0.15, -0.1) is 0 Å². The number of amidine groups is 1. The van der Waals surface area contributed by atoms with Crippen molar-refractivity contribution in [2.45, 2.75) is 44.6 Å². The van der Waals surface area contributed by atoms with Crippen LogP contribution in [-0.2, 0) is 6.54 Å². The summed E-state index contributed by atoms with van der Waals surface area (Å²) in [5.74, 6) is 0. The fraction of sp³-hybridized carbons (Fsp3) is 0.348. The second kappa shape index (κ2) is 7.34. The number of thioether (sulfide) groups is 1. The summed E-state index contributed by atoms with van der Waals surface area (Å²) >= 11 is 1.89. The van der Waals surface area contributed by atoms with Crippen molar-refractivity contribution in [2.75, 3.05) is 6.54 Å². The summed E-state index contributed by atoms with van der Waals surface area (Å²) < 4.78 is 2.40. The Morgan fingerprint density at radius 3 is 2.79 bits per heavy atom. The van der Waals surface area contributed by atoms with Crippen LogP contribution < -0.4 is 0 Å². The number of nitrogens with zero attached hydrogens (tertiary/aromatic N) is 5. The third-order valence-corrected chi connectivity index (χ3v) is 6.98. The predicted octanol–water partition coefficient (Wildman–Crippen LogP) is 4.53. The lowest BCUT2D eigenvalue weighted by Crippen LogP contribution is -2.29. The van der Waals surface area contributed by atoms with Crippen molar-refractivity contribution in [1.29, 1.82) is 0 Å². The van der Waals surface area contributed by atoms with Crippen molar-refractivity contribution in [3.63, 3.8) is 0 Å². The molecular formula is C23H25N5S. The molecule has 0 N–H and O–H groups in total. The van der Waals surface area contributed by atoms with Crippen LogP contribution in [0, 0.1) is 13.8 Å². The van der Waals surface area contributed by atoms with E-state index in [0.717, 1.165) is 24.0 Å². The molecule has 5 nitrogen and oxygen atoms in total. The molecule has 3 aromatic rings. The van der Waals surface area contributed by atoms with Gasteiger partial charge in [0.15, 0.2) is 5.17 Å². The third kappa shape index (κ3) is 3.25. The van der Waals surface area contributed by atoms with Crippen LogP contribution in [0.5, 0.6) is 0 Å². The number of hydrogen-bond donors (Lipinski definition) is 0. The fourth-order valence-corrected chi connectivity index (χ4v) is 5.59. The van der Waals surface area contributed by atoms with Crippen LogP contribution in [0.3, 0.4) is 0 Å². The molecule has 0 radical (unpaired) electrons. The number of rotatable bonds is 4. The maximum absolute atomic E-state index is 5.12. The van der Waals surface area contributed by atoms with Gasteiger partial charge >= 0.3 is 0 Å². The van der Waals surface area contributed by atoms with Gasteiger partial charge in [0, 0.05) is 48.3 Å². The monoisotopic (exact) mass is 403 g/mol. The maximum Gasteiger partial charge on any atom is 0.160 e. The second-order valence-electron chi connectivity index (χ2n) is 7.91. The molecule has 0 amide bonds. The van der Waals surface area contributed by atoms with Gasteiger partial charge in [0.05, 0.1) is 11.7 Å². The van der Waals surface area contributed by atoms with Gasteiger partial charge in [-0.1, -0.05) is 30.8 Å². The molecule has 0 aromatic carbocycles. The van der Waals surface area contributed by atoms with Gasteiger partial charge in [0.2, 0.25) is 0 Å². The predicted molar refractivity (Wildman–Crippen MR) is 118 cm³/mol. The van der Waals surface area contributed by atoms with Gasteiger partial charge in [-0.3, -0.25) is 15.0 Å². The largest absolute Gasteiger partial charge is 0.344 e. The Balaban J connectivity index is 1.55. The molecule has 0 bridgehead atoms. The molecule has 1 saturated heterocycles. The highest BCUT2D eigenvalue weighted by Gasteiger charge is 2.44. The zero-order valence-electron chi connectivity index (χ0n) is 17.0. The number of aliphatic imine (C=N–C) groups is 1. The van der Waals surface area contributed by atoms with E-state index in [1.54, 1.807) is 0 Å². The van der Waals surface area contributed by atoms with Crippen LogP contribution in [0.2, 0.25) is 0 Å². The first kappa shape index (κ1) is 18.4. The Kier molecular flexibility index (Phi) is 4.66. The minimum absolute atomic E-state index is 0.0403. The van der Waals surface area contributed by atoms with E-state index >= 15 is 0 Å². The zero-order chi connectivity index (χ0) is 20.0. The van der Waals surface area contributed by atoms with Crippen molar-refractivity contribution >= 4 is 16.9 Å². The number of aryl methyl sites for hydroxylation is 1. The minimum Gasteiger partial charge on any atom is -0.344 e. The summed E-state index contributed by atoms with van der Waals surface area (Å²) in [6.45, 7) is 8.58. The smallest absolute Gasteiger partial charge is 0.160 e. The highest BCUT2D eigenvalue weighted by atomic mass is 32.2. The first-order chi connectivity index (χ1) is 14.1. The van der Waals surface area contributed by atoms with Crippen molar-refractivity contribution in [3.05, 3.63) is 83.2 Å². The quantitative estimate of drug-likeness (QED) is 0.642. The maximum atomic E-state index is 5.12. The van der Waals surface area contributed by atoms with Crippen LogP contribution in [0.4, 0.5) is 0 Å². The Labute approximate surface area is 175 Å². The summed E-state index contributed by atoms with van der Waals surface area (Å²) in [7, 11) is 0. The molecule has 3 atom stereocenters. The molecule has 2 aliphatic heterocycles. The van der Waals surface area contributed by atoms with Crippen LogP contribution in [-0.4, -0.2) is 36.4 Å². The first-order valence-corrected chi connectivity index (χ1v) is 11.0. The highest BCUT2D eigenvalue weighted by molar-refractivity contribution is 8.14. The SMILES string of the molecule is Cc1cc(C2C(c3ccccn3)N=C3SC(C)CN32)c(C)n1Cc1cccnc1. The molecule has 29 heavy (non-hydrogen) atoms. The Bertz CT molecular complexity index is 1040. The molecule has 148 valence electrons. The van der Waals surface area contributed by atoms with Crippen molar-refractivity contribution in [1.82, 2.24) is 19.4 Å². The molecule has 3 aromatic heterocycles.